The zero-order chi connectivity index (χ0) is 17.1. The third-order valence-corrected chi connectivity index (χ3v) is 6.07. The van der Waals surface area contributed by atoms with E-state index in [4.69, 9.17) is 4.74 Å². The Hall–Kier alpha value is -1.40. The molecule has 0 saturated carbocycles. The molecule has 0 radical (unpaired) electrons. The van der Waals surface area contributed by atoms with Gasteiger partial charge in [-0.15, -0.1) is 11.3 Å². The van der Waals surface area contributed by atoms with E-state index in [1.807, 2.05) is 15.9 Å². The minimum Gasteiger partial charge on any atom is -0.378 e. The molecule has 3 heterocycles. The molecule has 0 aliphatic carbocycles. The average molecular weight is 350 g/mol. The Morgan fingerprint density at radius 1 is 1.25 bits per heavy atom. The summed E-state index contributed by atoms with van der Waals surface area (Å²) in [5, 5.41) is 0. The monoisotopic (exact) mass is 350 g/mol. The van der Waals surface area contributed by atoms with E-state index in [9.17, 15) is 9.59 Å². The van der Waals surface area contributed by atoms with Gasteiger partial charge in [0.2, 0.25) is 5.91 Å². The van der Waals surface area contributed by atoms with Crippen molar-refractivity contribution >= 4 is 23.2 Å². The van der Waals surface area contributed by atoms with Crippen LogP contribution in [-0.4, -0.2) is 61.0 Å². The molecular formula is C18H26N2O3S. The molecule has 0 spiro atoms. The summed E-state index contributed by atoms with van der Waals surface area (Å²) in [6.07, 6.45) is 2.73. The lowest BCUT2D eigenvalue weighted by atomic mass is 9.96. The van der Waals surface area contributed by atoms with Crippen LogP contribution in [0.15, 0.2) is 6.07 Å². The predicted octanol–water partition coefficient (Wildman–Crippen LogP) is 2.33. The number of likely N-dealkylation sites (tertiary alicyclic amines) is 1. The molecule has 0 N–H and O–H groups in total. The van der Waals surface area contributed by atoms with Crippen LogP contribution in [0.25, 0.3) is 0 Å². The predicted molar refractivity (Wildman–Crippen MR) is 94.5 cm³/mol. The Morgan fingerprint density at radius 2 is 2.00 bits per heavy atom. The van der Waals surface area contributed by atoms with Gasteiger partial charge in [0.15, 0.2) is 0 Å². The molecule has 24 heavy (non-hydrogen) atoms. The summed E-state index contributed by atoms with van der Waals surface area (Å²) in [7, 11) is 0. The molecule has 2 aliphatic rings. The van der Waals surface area contributed by atoms with Gasteiger partial charge in [0.05, 0.1) is 24.0 Å². The summed E-state index contributed by atoms with van der Waals surface area (Å²) in [6, 6.07) is 2.02. The van der Waals surface area contributed by atoms with Crippen molar-refractivity contribution in [3.05, 3.63) is 21.4 Å². The highest BCUT2D eigenvalue weighted by molar-refractivity contribution is 7.14. The number of nitrogens with zero attached hydrogens (tertiary/aromatic N) is 2. The molecule has 2 aliphatic heterocycles. The van der Waals surface area contributed by atoms with Crippen LogP contribution in [-0.2, 0) is 16.0 Å². The number of aryl methyl sites for hydroxylation is 2. The Balaban J connectivity index is 1.65. The first-order valence-electron chi connectivity index (χ1n) is 8.85. The first-order valence-corrected chi connectivity index (χ1v) is 9.67. The van der Waals surface area contributed by atoms with Gasteiger partial charge in [-0.25, -0.2) is 0 Å². The van der Waals surface area contributed by atoms with Crippen molar-refractivity contribution in [2.24, 2.45) is 5.92 Å². The number of carbonyl (C=O) groups excluding carboxylic acids is 2. The minimum atomic E-state index is -0.0625. The SMILES string of the molecule is CCc1cc(C(=O)N2CCCC(C(=O)N3CCOCC3)C2)sc1C. The standard InChI is InChI=1S/C18H26N2O3S/c1-3-14-11-16(24-13(14)2)18(22)20-6-4-5-15(12-20)17(21)19-7-9-23-10-8-19/h11,15H,3-10,12H2,1-2H3. The van der Waals surface area contributed by atoms with Crippen molar-refractivity contribution in [2.45, 2.75) is 33.1 Å². The number of rotatable bonds is 3. The maximum atomic E-state index is 12.8. The van der Waals surface area contributed by atoms with Crippen LogP contribution in [0.3, 0.4) is 0 Å². The van der Waals surface area contributed by atoms with E-state index in [2.05, 4.69) is 13.8 Å². The lowest BCUT2D eigenvalue weighted by molar-refractivity contribution is -0.141. The summed E-state index contributed by atoms with van der Waals surface area (Å²) in [5.41, 5.74) is 1.25. The second kappa shape index (κ2) is 7.66. The molecular weight excluding hydrogens is 324 g/mol. The Bertz CT molecular complexity index is 607. The van der Waals surface area contributed by atoms with Gasteiger partial charge in [-0.1, -0.05) is 6.92 Å². The minimum absolute atomic E-state index is 0.0625. The zero-order valence-corrected chi connectivity index (χ0v) is 15.4. The molecule has 1 atom stereocenters. The van der Waals surface area contributed by atoms with Gasteiger partial charge in [-0.3, -0.25) is 9.59 Å². The van der Waals surface area contributed by atoms with Crippen LogP contribution in [0.4, 0.5) is 0 Å². The van der Waals surface area contributed by atoms with E-state index in [0.717, 1.165) is 30.7 Å². The second-order valence-corrected chi connectivity index (χ2v) is 7.83. The third-order valence-electron chi connectivity index (χ3n) is 4.99. The molecule has 2 saturated heterocycles. The fourth-order valence-electron chi connectivity index (χ4n) is 3.54. The molecule has 2 fully saturated rings. The van der Waals surface area contributed by atoms with E-state index < -0.39 is 0 Å². The summed E-state index contributed by atoms with van der Waals surface area (Å²) >= 11 is 1.58. The van der Waals surface area contributed by atoms with Crippen LogP contribution in [0.1, 0.15) is 39.9 Å². The molecule has 0 aromatic carbocycles. The highest BCUT2D eigenvalue weighted by Gasteiger charge is 2.32. The molecule has 2 amide bonds. The number of ether oxygens (including phenoxy) is 1. The van der Waals surface area contributed by atoms with Crippen LogP contribution < -0.4 is 0 Å². The van der Waals surface area contributed by atoms with Gasteiger partial charge in [0, 0.05) is 31.1 Å². The molecule has 6 heteroatoms. The number of carbonyl (C=O) groups is 2. The van der Waals surface area contributed by atoms with E-state index in [1.165, 1.54) is 10.4 Å². The lowest BCUT2D eigenvalue weighted by Gasteiger charge is -2.36. The van der Waals surface area contributed by atoms with Crippen LogP contribution in [0.5, 0.6) is 0 Å². The largest absolute Gasteiger partial charge is 0.378 e. The number of morpholine rings is 1. The number of hydrogen-bond donors (Lipinski definition) is 0. The molecule has 132 valence electrons. The van der Waals surface area contributed by atoms with Gasteiger partial charge in [0.25, 0.3) is 5.91 Å². The normalized spacial score (nSPS) is 21.8. The van der Waals surface area contributed by atoms with Crippen molar-refractivity contribution in [1.82, 2.24) is 9.80 Å². The Labute approximate surface area is 147 Å². The van der Waals surface area contributed by atoms with E-state index in [-0.39, 0.29) is 17.7 Å². The van der Waals surface area contributed by atoms with Crippen molar-refractivity contribution in [3.63, 3.8) is 0 Å². The highest BCUT2D eigenvalue weighted by Crippen LogP contribution is 2.26. The van der Waals surface area contributed by atoms with Crippen molar-refractivity contribution in [3.8, 4) is 0 Å². The third kappa shape index (κ3) is 3.64. The number of thiophene rings is 1. The van der Waals surface area contributed by atoms with Gasteiger partial charge >= 0.3 is 0 Å². The van der Waals surface area contributed by atoms with E-state index in [0.29, 0.717) is 32.8 Å². The second-order valence-electron chi connectivity index (χ2n) is 6.57. The first-order chi connectivity index (χ1) is 11.6. The van der Waals surface area contributed by atoms with Crippen LogP contribution in [0.2, 0.25) is 0 Å². The van der Waals surface area contributed by atoms with Crippen molar-refractivity contribution < 1.29 is 14.3 Å². The molecule has 5 nitrogen and oxygen atoms in total. The molecule has 0 bridgehead atoms. The van der Waals surface area contributed by atoms with E-state index in [1.54, 1.807) is 11.3 Å². The van der Waals surface area contributed by atoms with Crippen molar-refractivity contribution in [2.75, 3.05) is 39.4 Å². The smallest absolute Gasteiger partial charge is 0.263 e. The topological polar surface area (TPSA) is 49.9 Å². The quantitative estimate of drug-likeness (QED) is 0.841. The zero-order valence-electron chi connectivity index (χ0n) is 14.5. The summed E-state index contributed by atoms with van der Waals surface area (Å²) in [6.45, 7) is 8.07. The summed E-state index contributed by atoms with van der Waals surface area (Å²) in [5.74, 6) is 0.210. The van der Waals surface area contributed by atoms with Gasteiger partial charge < -0.3 is 14.5 Å². The van der Waals surface area contributed by atoms with Gasteiger partial charge in [-0.05, 0) is 37.8 Å². The molecule has 3 rings (SSSR count). The van der Waals surface area contributed by atoms with Crippen LogP contribution in [0, 0.1) is 12.8 Å². The van der Waals surface area contributed by atoms with Gasteiger partial charge in [0.1, 0.15) is 0 Å². The molecule has 1 unspecified atom stereocenters. The number of amides is 2. The fraction of sp³-hybridized carbons (Fsp3) is 0.667. The molecule has 1 aromatic heterocycles. The summed E-state index contributed by atoms with van der Waals surface area (Å²) in [4.78, 5) is 31.3. The Morgan fingerprint density at radius 3 is 2.67 bits per heavy atom. The maximum absolute atomic E-state index is 12.8. The first kappa shape index (κ1) is 17.4. The maximum Gasteiger partial charge on any atom is 0.263 e. The number of piperidine rings is 1. The van der Waals surface area contributed by atoms with Gasteiger partial charge in [-0.2, -0.15) is 0 Å². The average Bonchev–Trinajstić information content (AvgIpc) is 3.02. The van der Waals surface area contributed by atoms with Crippen LogP contribution >= 0.6 is 11.3 Å². The molecule has 1 aromatic rings. The number of hydrogen-bond acceptors (Lipinski definition) is 4. The highest BCUT2D eigenvalue weighted by atomic mass is 32.1. The summed E-state index contributed by atoms with van der Waals surface area (Å²) < 4.78 is 5.32. The lowest BCUT2D eigenvalue weighted by Crippen LogP contribution is -2.49. The van der Waals surface area contributed by atoms with Crippen molar-refractivity contribution in [1.29, 1.82) is 0 Å². The van der Waals surface area contributed by atoms with E-state index >= 15 is 0 Å². The fourth-order valence-corrected chi connectivity index (χ4v) is 4.62. The Kier molecular flexibility index (Phi) is 5.56.